The maximum absolute atomic E-state index is 12.6. The molecule has 0 saturated heterocycles. The third-order valence-electron chi connectivity index (χ3n) is 4.64. The van der Waals surface area contributed by atoms with Crippen molar-refractivity contribution in [2.45, 2.75) is 19.1 Å². The monoisotopic (exact) mass is 361 g/mol. The molecule has 0 fully saturated rings. The summed E-state index contributed by atoms with van der Waals surface area (Å²) in [6.45, 7) is 0.438. The van der Waals surface area contributed by atoms with Gasteiger partial charge in [-0.3, -0.25) is 4.79 Å². The molecule has 27 heavy (non-hydrogen) atoms. The third kappa shape index (κ3) is 3.46. The van der Waals surface area contributed by atoms with Crippen LogP contribution in [-0.4, -0.2) is 33.6 Å². The molecular weight excluding hydrogens is 342 g/mol. The predicted molar refractivity (Wildman–Crippen MR) is 99.3 cm³/mol. The van der Waals surface area contributed by atoms with Crippen LogP contribution in [0.15, 0.2) is 67.0 Å². The molecule has 1 aliphatic rings. The molecule has 1 aliphatic heterocycles. The molecule has 0 N–H and O–H groups in total. The molecule has 2 aromatic carbocycles. The Hall–Kier alpha value is -3.41. The summed E-state index contributed by atoms with van der Waals surface area (Å²) in [5.74, 6) is -0.452. The Bertz CT molecular complexity index is 981. The van der Waals surface area contributed by atoms with E-state index in [2.05, 4.69) is 5.10 Å². The quantitative estimate of drug-likeness (QED) is 0.655. The van der Waals surface area contributed by atoms with Gasteiger partial charge in [0.2, 0.25) is 5.91 Å². The van der Waals surface area contributed by atoms with Gasteiger partial charge in [0, 0.05) is 30.9 Å². The zero-order chi connectivity index (χ0) is 18.8. The molecular formula is C21H19N3O3. The molecule has 1 aromatic heterocycles. The number of ether oxygens (including phenoxy) is 1. The summed E-state index contributed by atoms with van der Waals surface area (Å²) in [5.41, 5.74) is 3.22. The molecule has 0 unspecified atom stereocenters. The Morgan fingerprint density at radius 1 is 1.15 bits per heavy atom. The third-order valence-corrected chi connectivity index (χ3v) is 4.64. The van der Waals surface area contributed by atoms with E-state index in [9.17, 15) is 9.59 Å². The summed E-state index contributed by atoms with van der Waals surface area (Å²) in [5, 5.41) is 4.35. The molecule has 6 heteroatoms. The fourth-order valence-corrected chi connectivity index (χ4v) is 3.21. The van der Waals surface area contributed by atoms with Crippen LogP contribution in [0.3, 0.4) is 0 Å². The van der Waals surface area contributed by atoms with Gasteiger partial charge in [-0.25, -0.2) is 9.48 Å². The SMILES string of the molecule is CN(Cc1cnn(-c2ccccc2)c1)C(=O)C[C@H]1OC(=O)c2ccccc21. The smallest absolute Gasteiger partial charge is 0.339 e. The van der Waals surface area contributed by atoms with Crippen molar-refractivity contribution in [3.63, 3.8) is 0 Å². The second-order valence-electron chi connectivity index (χ2n) is 6.56. The molecule has 3 aromatic rings. The maximum atomic E-state index is 12.6. The first kappa shape index (κ1) is 17.0. The van der Waals surface area contributed by atoms with Crippen LogP contribution >= 0.6 is 0 Å². The summed E-state index contributed by atoms with van der Waals surface area (Å²) >= 11 is 0. The molecule has 2 heterocycles. The Balaban J connectivity index is 1.41. The number of para-hydroxylation sites is 1. The predicted octanol–water partition coefficient (Wildman–Crippen LogP) is 3.13. The Kier molecular flexibility index (Phi) is 4.46. The minimum atomic E-state index is -0.518. The van der Waals surface area contributed by atoms with Crippen molar-refractivity contribution in [1.29, 1.82) is 0 Å². The van der Waals surface area contributed by atoms with E-state index in [1.54, 1.807) is 35.0 Å². The van der Waals surface area contributed by atoms with E-state index in [4.69, 9.17) is 4.74 Å². The van der Waals surface area contributed by atoms with Crippen molar-refractivity contribution >= 4 is 11.9 Å². The highest BCUT2D eigenvalue weighted by Crippen LogP contribution is 2.33. The lowest BCUT2D eigenvalue weighted by Gasteiger charge is -2.18. The van der Waals surface area contributed by atoms with Crippen LogP contribution in [-0.2, 0) is 16.1 Å². The number of aromatic nitrogens is 2. The number of amides is 1. The second kappa shape index (κ2) is 7.07. The highest BCUT2D eigenvalue weighted by Gasteiger charge is 2.32. The number of cyclic esters (lactones) is 1. The number of hydrogen-bond donors (Lipinski definition) is 0. The number of rotatable bonds is 5. The normalized spacial score (nSPS) is 15.3. The molecule has 0 radical (unpaired) electrons. The zero-order valence-electron chi connectivity index (χ0n) is 14.9. The van der Waals surface area contributed by atoms with Gasteiger partial charge in [0.15, 0.2) is 0 Å². The summed E-state index contributed by atoms with van der Waals surface area (Å²) in [6.07, 6.45) is 3.27. The van der Waals surface area contributed by atoms with Gasteiger partial charge in [-0.2, -0.15) is 5.10 Å². The van der Waals surface area contributed by atoms with E-state index in [0.29, 0.717) is 12.1 Å². The van der Waals surface area contributed by atoms with E-state index < -0.39 is 6.10 Å². The van der Waals surface area contributed by atoms with E-state index in [-0.39, 0.29) is 18.3 Å². The number of carbonyl (C=O) groups excluding carboxylic acids is 2. The molecule has 6 nitrogen and oxygen atoms in total. The van der Waals surface area contributed by atoms with Crippen molar-refractivity contribution in [3.05, 3.63) is 83.7 Å². The average Bonchev–Trinajstić information content (AvgIpc) is 3.28. The Morgan fingerprint density at radius 3 is 2.70 bits per heavy atom. The minimum absolute atomic E-state index is 0.0861. The van der Waals surface area contributed by atoms with Crippen molar-refractivity contribution < 1.29 is 14.3 Å². The van der Waals surface area contributed by atoms with Gasteiger partial charge < -0.3 is 9.64 Å². The van der Waals surface area contributed by atoms with Crippen molar-refractivity contribution in [3.8, 4) is 5.69 Å². The molecule has 4 rings (SSSR count). The standard InChI is InChI=1S/C21H19N3O3/c1-23(13-15-12-22-24(14-15)16-7-3-2-4-8-16)20(25)11-19-17-9-5-6-10-18(17)21(26)27-19/h2-10,12,14,19H,11,13H2,1H3/t19-/m1/s1. The number of carbonyl (C=O) groups is 2. The molecule has 0 aliphatic carbocycles. The molecule has 136 valence electrons. The van der Waals surface area contributed by atoms with Gasteiger partial charge in [0.1, 0.15) is 6.10 Å². The van der Waals surface area contributed by atoms with Gasteiger partial charge in [-0.15, -0.1) is 0 Å². The highest BCUT2D eigenvalue weighted by atomic mass is 16.5. The zero-order valence-corrected chi connectivity index (χ0v) is 14.9. The van der Waals surface area contributed by atoms with E-state index in [1.165, 1.54) is 0 Å². The lowest BCUT2D eigenvalue weighted by atomic mass is 10.0. The average molecular weight is 361 g/mol. The van der Waals surface area contributed by atoms with Gasteiger partial charge in [0.05, 0.1) is 23.9 Å². The molecule has 1 atom stereocenters. The number of esters is 1. The van der Waals surface area contributed by atoms with Gasteiger partial charge >= 0.3 is 5.97 Å². The first-order valence-corrected chi connectivity index (χ1v) is 8.74. The summed E-state index contributed by atoms with van der Waals surface area (Å²) in [6, 6.07) is 17.0. The van der Waals surface area contributed by atoms with E-state index in [1.807, 2.05) is 48.7 Å². The first-order chi connectivity index (χ1) is 13.1. The maximum Gasteiger partial charge on any atom is 0.339 e. The highest BCUT2D eigenvalue weighted by molar-refractivity contribution is 5.94. The number of hydrogen-bond acceptors (Lipinski definition) is 4. The van der Waals surface area contributed by atoms with Gasteiger partial charge in [-0.1, -0.05) is 36.4 Å². The minimum Gasteiger partial charge on any atom is -0.453 e. The molecule has 0 bridgehead atoms. The largest absolute Gasteiger partial charge is 0.453 e. The van der Waals surface area contributed by atoms with E-state index >= 15 is 0 Å². The van der Waals surface area contributed by atoms with Gasteiger partial charge in [-0.05, 0) is 18.2 Å². The van der Waals surface area contributed by atoms with Crippen LogP contribution in [0.2, 0.25) is 0 Å². The van der Waals surface area contributed by atoms with Crippen molar-refractivity contribution in [1.82, 2.24) is 14.7 Å². The van der Waals surface area contributed by atoms with Crippen LogP contribution < -0.4 is 0 Å². The van der Waals surface area contributed by atoms with E-state index in [0.717, 1.165) is 16.8 Å². The van der Waals surface area contributed by atoms with Crippen molar-refractivity contribution in [2.75, 3.05) is 7.05 Å². The topological polar surface area (TPSA) is 64.4 Å². The molecule has 1 amide bonds. The Morgan fingerprint density at radius 2 is 1.89 bits per heavy atom. The Labute approximate surface area is 157 Å². The summed E-state index contributed by atoms with van der Waals surface area (Å²) in [7, 11) is 1.74. The summed E-state index contributed by atoms with van der Waals surface area (Å²) < 4.78 is 7.14. The molecule has 0 spiro atoms. The number of fused-ring (bicyclic) bond motifs is 1. The lowest BCUT2D eigenvalue weighted by molar-refractivity contribution is -0.132. The van der Waals surface area contributed by atoms with Crippen LogP contribution in [0.25, 0.3) is 5.69 Å². The fraction of sp³-hybridized carbons (Fsp3) is 0.190. The molecule has 0 saturated carbocycles. The number of benzene rings is 2. The first-order valence-electron chi connectivity index (χ1n) is 8.74. The lowest BCUT2D eigenvalue weighted by Crippen LogP contribution is -2.27. The van der Waals surface area contributed by atoms with Crippen molar-refractivity contribution in [2.24, 2.45) is 0 Å². The van der Waals surface area contributed by atoms with Crippen LogP contribution in [0, 0.1) is 0 Å². The van der Waals surface area contributed by atoms with Gasteiger partial charge in [0.25, 0.3) is 0 Å². The summed E-state index contributed by atoms with van der Waals surface area (Å²) in [4.78, 5) is 26.1. The van der Waals surface area contributed by atoms with Crippen LogP contribution in [0.1, 0.15) is 34.0 Å². The van der Waals surface area contributed by atoms with Crippen LogP contribution in [0.4, 0.5) is 0 Å². The fourth-order valence-electron chi connectivity index (χ4n) is 3.21. The second-order valence-corrected chi connectivity index (χ2v) is 6.56. The van der Waals surface area contributed by atoms with Crippen LogP contribution in [0.5, 0.6) is 0 Å². The number of nitrogens with zero attached hydrogens (tertiary/aromatic N) is 3.